The van der Waals surface area contributed by atoms with E-state index in [0.717, 1.165) is 5.52 Å². The summed E-state index contributed by atoms with van der Waals surface area (Å²) in [5, 5.41) is 7.77. The Labute approximate surface area is 55.9 Å². The van der Waals surface area contributed by atoms with Crippen molar-refractivity contribution in [2.45, 2.75) is 0 Å². The van der Waals surface area contributed by atoms with Crippen molar-refractivity contribution in [3.8, 4) is 0 Å². The van der Waals surface area contributed by atoms with Crippen LogP contribution in [0.5, 0.6) is 0 Å². The number of hydrogen-bond donors (Lipinski definition) is 1. The predicted molar refractivity (Wildman–Crippen MR) is 34.1 cm³/mol. The van der Waals surface area contributed by atoms with E-state index in [9.17, 15) is 0 Å². The summed E-state index contributed by atoms with van der Waals surface area (Å²) in [7, 11) is 0. The minimum absolute atomic E-state index is 0.0948. The molecule has 0 saturated carbocycles. The molecule has 0 saturated heterocycles. The molecule has 4 nitrogen and oxygen atoms in total. The van der Waals surface area contributed by atoms with Gasteiger partial charge in [-0.1, -0.05) is 6.58 Å². The van der Waals surface area contributed by atoms with E-state index in [-0.39, 0.29) is 5.55 Å². The number of hydrogen-bond acceptors (Lipinski definition) is 3. The van der Waals surface area contributed by atoms with Gasteiger partial charge in [-0.05, 0) is 0 Å². The van der Waals surface area contributed by atoms with Crippen molar-refractivity contribution >= 4 is 12.1 Å². The Kier molecular flexibility index (Phi) is 0.768. The zero-order chi connectivity index (χ0) is 7.14. The van der Waals surface area contributed by atoms with E-state index in [1.54, 1.807) is 6.20 Å². The molecule has 0 aliphatic carbocycles. The molecular formula is C6H5N3O. The van der Waals surface area contributed by atoms with Gasteiger partial charge in [0.15, 0.2) is 0 Å². The highest BCUT2D eigenvalue weighted by atomic mass is 16.5. The smallest absolute Gasteiger partial charge is 0.248 e. The standard InChI is InChI=1S/C6H5N3O/c1-4-5-2-8-3-9(5)10-6(4)7/h2-3,7H,1H2. The average molecular weight is 135 g/mol. The van der Waals surface area contributed by atoms with Gasteiger partial charge in [-0.2, -0.15) is 4.57 Å². The second-order valence-corrected chi connectivity index (χ2v) is 2.00. The van der Waals surface area contributed by atoms with E-state index in [0.29, 0.717) is 5.22 Å². The molecule has 0 spiro atoms. The quantitative estimate of drug-likeness (QED) is 0.531. The molecule has 0 aliphatic heterocycles. The number of fused-ring (bicyclic) bond motifs is 1. The van der Waals surface area contributed by atoms with Crippen molar-refractivity contribution in [3.05, 3.63) is 23.3 Å². The molecule has 0 fully saturated rings. The zero-order valence-electron chi connectivity index (χ0n) is 5.16. The molecule has 0 amide bonds. The van der Waals surface area contributed by atoms with Crippen LogP contribution < -0.4 is 10.8 Å². The van der Waals surface area contributed by atoms with Crippen molar-refractivity contribution < 1.29 is 4.52 Å². The van der Waals surface area contributed by atoms with Crippen LogP contribution in [-0.4, -0.2) is 9.56 Å². The summed E-state index contributed by atoms with van der Waals surface area (Å²) in [5.41, 5.74) is 0.849. The van der Waals surface area contributed by atoms with Gasteiger partial charge in [0.05, 0.1) is 11.4 Å². The second kappa shape index (κ2) is 1.47. The first-order valence-corrected chi connectivity index (χ1v) is 2.78. The summed E-state index contributed by atoms with van der Waals surface area (Å²) < 4.78 is 6.32. The highest BCUT2D eigenvalue weighted by Crippen LogP contribution is 1.89. The van der Waals surface area contributed by atoms with Crippen LogP contribution >= 0.6 is 0 Å². The molecule has 0 aliphatic rings. The summed E-state index contributed by atoms with van der Waals surface area (Å²) in [6.45, 7) is 3.64. The molecule has 0 radical (unpaired) electrons. The maximum atomic E-state index is 7.19. The second-order valence-electron chi connectivity index (χ2n) is 2.00. The van der Waals surface area contributed by atoms with Crippen LogP contribution in [0.1, 0.15) is 0 Å². The van der Waals surface area contributed by atoms with Crippen LogP contribution in [0.15, 0.2) is 17.0 Å². The summed E-state index contributed by atoms with van der Waals surface area (Å²) in [5.74, 6) is 0. The summed E-state index contributed by atoms with van der Waals surface area (Å²) in [6, 6.07) is 0. The first-order chi connectivity index (χ1) is 4.79. The SMILES string of the molecule is C=c1c(=N)on2cncc12. The third kappa shape index (κ3) is 0.452. The van der Waals surface area contributed by atoms with Gasteiger partial charge < -0.3 is 4.52 Å². The van der Waals surface area contributed by atoms with Crippen LogP contribution in [0.25, 0.3) is 12.1 Å². The molecule has 0 atom stereocenters. The molecule has 2 rings (SSSR count). The number of imidazole rings is 1. The molecule has 10 heavy (non-hydrogen) atoms. The Morgan fingerprint density at radius 2 is 2.50 bits per heavy atom. The maximum absolute atomic E-state index is 7.19. The van der Waals surface area contributed by atoms with E-state index in [1.165, 1.54) is 10.9 Å². The molecule has 2 heterocycles. The first kappa shape index (κ1) is 5.22. The van der Waals surface area contributed by atoms with Crippen LogP contribution in [0.2, 0.25) is 0 Å². The van der Waals surface area contributed by atoms with Crippen LogP contribution in [0, 0.1) is 5.41 Å². The fraction of sp³-hybridized carbons (Fsp3) is 0. The molecule has 0 aromatic carbocycles. The topological polar surface area (TPSA) is 54.3 Å². The minimum Gasteiger partial charge on any atom is -0.353 e. The summed E-state index contributed by atoms with van der Waals surface area (Å²) >= 11 is 0. The van der Waals surface area contributed by atoms with Gasteiger partial charge in [0.1, 0.15) is 11.8 Å². The fourth-order valence-electron chi connectivity index (χ4n) is 0.837. The van der Waals surface area contributed by atoms with Crippen molar-refractivity contribution in [1.29, 1.82) is 5.41 Å². The van der Waals surface area contributed by atoms with Gasteiger partial charge in [-0.15, -0.1) is 0 Å². The van der Waals surface area contributed by atoms with E-state index in [4.69, 9.17) is 9.93 Å². The van der Waals surface area contributed by atoms with Gasteiger partial charge in [-0.3, -0.25) is 5.41 Å². The maximum Gasteiger partial charge on any atom is 0.248 e. The Morgan fingerprint density at radius 1 is 1.70 bits per heavy atom. The van der Waals surface area contributed by atoms with Crippen LogP contribution in [0.3, 0.4) is 0 Å². The van der Waals surface area contributed by atoms with Gasteiger partial charge >= 0.3 is 0 Å². The summed E-state index contributed by atoms with van der Waals surface area (Å²) in [4.78, 5) is 3.81. The van der Waals surface area contributed by atoms with E-state index in [1.807, 2.05) is 0 Å². The molecule has 50 valence electrons. The monoisotopic (exact) mass is 135 g/mol. The molecule has 0 bridgehead atoms. The van der Waals surface area contributed by atoms with Crippen LogP contribution in [-0.2, 0) is 0 Å². The molecule has 2 aromatic rings. The Bertz CT molecular complexity index is 453. The zero-order valence-corrected chi connectivity index (χ0v) is 5.16. The van der Waals surface area contributed by atoms with E-state index < -0.39 is 0 Å². The lowest BCUT2D eigenvalue weighted by Crippen LogP contribution is -2.15. The Morgan fingerprint density at radius 3 is 3.20 bits per heavy atom. The number of nitrogens with one attached hydrogen (secondary N) is 1. The Hall–Kier alpha value is -1.58. The fourth-order valence-corrected chi connectivity index (χ4v) is 0.837. The lowest BCUT2D eigenvalue weighted by atomic mass is 10.5. The number of nitrogens with zero attached hydrogens (tertiary/aromatic N) is 2. The molecular weight excluding hydrogens is 130 g/mol. The normalized spacial score (nSPS) is 10.8. The highest BCUT2D eigenvalue weighted by molar-refractivity contribution is 5.44. The van der Waals surface area contributed by atoms with Crippen molar-refractivity contribution in [2.24, 2.45) is 0 Å². The van der Waals surface area contributed by atoms with E-state index in [2.05, 4.69) is 11.6 Å². The molecule has 1 N–H and O–H groups in total. The van der Waals surface area contributed by atoms with Gasteiger partial charge in [0, 0.05) is 0 Å². The number of rotatable bonds is 0. The minimum atomic E-state index is 0.0948. The summed E-state index contributed by atoms with van der Waals surface area (Å²) in [6.07, 6.45) is 3.12. The predicted octanol–water partition coefficient (Wildman–Crippen LogP) is -0.464. The molecule has 2 aromatic heterocycles. The van der Waals surface area contributed by atoms with Crippen molar-refractivity contribution in [2.75, 3.05) is 0 Å². The molecule has 0 unspecified atom stereocenters. The van der Waals surface area contributed by atoms with Crippen LogP contribution in [0.4, 0.5) is 0 Å². The average Bonchev–Trinajstić information content (AvgIpc) is 2.41. The van der Waals surface area contributed by atoms with Crippen molar-refractivity contribution in [1.82, 2.24) is 9.56 Å². The van der Waals surface area contributed by atoms with Gasteiger partial charge in [0.25, 0.3) is 0 Å². The first-order valence-electron chi connectivity index (χ1n) is 2.78. The van der Waals surface area contributed by atoms with E-state index >= 15 is 0 Å². The third-order valence-electron chi connectivity index (χ3n) is 1.38. The third-order valence-corrected chi connectivity index (χ3v) is 1.38. The number of aromatic nitrogens is 2. The lowest BCUT2D eigenvalue weighted by Gasteiger charge is -1.72. The largest absolute Gasteiger partial charge is 0.353 e. The van der Waals surface area contributed by atoms with Crippen molar-refractivity contribution in [3.63, 3.8) is 0 Å². The molecule has 4 heteroatoms. The Balaban J connectivity index is 3.24. The lowest BCUT2D eigenvalue weighted by molar-refractivity contribution is 0.335. The highest BCUT2D eigenvalue weighted by Gasteiger charge is 1.98. The van der Waals surface area contributed by atoms with Gasteiger partial charge in [0.2, 0.25) is 5.55 Å². The van der Waals surface area contributed by atoms with Gasteiger partial charge in [-0.25, -0.2) is 4.98 Å².